The number of amides is 1. The molecule has 5 nitrogen and oxygen atoms in total. The lowest BCUT2D eigenvalue weighted by molar-refractivity contribution is -0.122. The van der Waals surface area contributed by atoms with Gasteiger partial charge in [0, 0.05) is 22.2 Å². The average Bonchev–Trinajstić information content (AvgIpc) is 2.99. The van der Waals surface area contributed by atoms with Crippen LogP contribution in [0.3, 0.4) is 0 Å². The molecule has 2 aliphatic rings. The van der Waals surface area contributed by atoms with Gasteiger partial charge in [-0.3, -0.25) is 4.79 Å². The molecule has 7 heteroatoms. The van der Waals surface area contributed by atoms with Crippen molar-refractivity contribution < 1.29 is 4.79 Å². The van der Waals surface area contributed by atoms with Gasteiger partial charge in [0.15, 0.2) is 5.41 Å². The van der Waals surface area contributed by atoms with Crippen molar-refractivity contribution in [1.82, 2.24) is 4.90 Å². The molecule has 0 aliphatic carbocycles. The number of rotatable bonds is 2. The van der Waals surface area contributed by atoms with Gasteiger partial charge in [-0.2, -0.15) is 10.5 Å². The monoisotopic (exact) mass is 408 g/mol. The Balaban J connectivity index is 2.03. The van der Waals surface area contributed by atoms with E-state index in [1.165, 1.54) is 6.07 Å². The van der Waals surface area contributed by atoms with E-state index in [0.29, 0.717) is 10.6 Å². The normalized spacial score (nSPS) is 24.0. The van der Waals surface area contributed by atoms with E-state index in [1.54, 1.807) is 23.2 Å². The lowest BCUT2D eigenvalue weighted by Gasteiger charge is -2.34. The van der Waals surface area contributed by atoms with Crippen molar-refractivity contribution in [2.24, 2.45) is 11.1 Å². The molecule has 0 bridgehead atoms. The highest BCUT2D eigenvalue weighted by Gasteiger charge is 2.63. The van der Waals surface area contributed by atoms with Crippen LogP contribution in [0.5, 0.6) is 0 Å². The molecule has 3 atom stereocenters. The molecule has 2 aromatic carbocycles. The van der Waals surface area contributed by atoms with Crippen molar-refractivity contribution in [3.05, 3.63) is 75.4 Å². The first-order valence-corrected chi connectivity index (χ1v) is 9.31. The molecule has 2 aliphatic heterocycles. The minimum absolute atomic E-state index is 0.288. The van der Waals surface area contributed by atoms with Crippen molar-refractivity contribution in [2.45, 2.75) is 18.0 Å². The van der Waals surface area contributed by atoms with Gasteiger partial charge in [0.25, 0.3) is 0 Å². The van der Waals surface area contributed by atoms with Crippen LogP contribution in [0.2, 0.25) is 10.0 Å². The summed E-state index contributed by atoms with van der Waals surface area (Å²) in [5.41, 5.74) is 6.38. The number of carbonyl (C=O) groups excluding carboxylic acids is 1. The van der Waals surface area contributed by atoms with Crippen LogP contribution in [-0.2, 0) is 4.79 Å². The van der Waals surface area contributed by atoms with Gasteiger partial charge in [0.1, 0.15) is 6.04 Å². The molecule has 0 spiro atoms. The number of nitrogens with two attached hydrogens (primary N) is 1. The Morgan fingerprint density at radius 2 is 1.82 bits per heavy atom. The largest absolute Gasteiger partial charge is 0.368 e. The number of carbonyl (C=O) groups is 1. The summed E-state index contributed by atoms with van der Waals surface area (Å²) in [5.74, 6) is -1.47. The van der Waals surface area contributed by atoms with Crippen LogP contribution >= 0.6 is 23.2 Å². The predicted molar refractivity (Wildman–Crippen MR) is 106 cm³/mol. The van der Waals surface area contributed by atoms with Crippen LogP contribution in [0.25, 0.3) is 6.08 Å². The van der Waals surface area contributed by atoms with Crippen LogP contribution in [0.4, 0.5) is 0 Å². The second-order valence-corrected chi connectivity index (χ2v) is 7.72. The van der Waals surface area contributed by atoms with Crippen molar-refractivity contribution in [1.29, 1.82) is 10.5 Å². The molecule has 4 rings (SSSR count). The zero-order chi connectivity index (χ0) is 20.1. The molecule has 2 heterocycles. The maximum atomic E-state index is 12.5. The molecule has 0 unspecified atom stereocenters. The van der Waals surface area contributed by atoms with E-state index < -0.39 is 29.3 Å². The number of nitriles is 2. The van der Waals surface area contributed by atoms with Gasteiger partial charge in [-0.25, -0.2) is 0 Å². The van der Waals surface area contributed by atoms with Crippen molar-refractivity contribution in [3.63, 3.8) is 0 Å². The van der Waals surface area contributed by atoms with Crippen molar-refractivity contribution >= 4 is 35.2 Å². The van der Waals surface area contributed by atoms with Gasteiger partial charge in [-0.1, -0.05) is 53.5 Å². The van der Waals surface area contributed by atoms with Gasteiger partial charge in [0.2, 0.25) is 5.91 Å². The predicted octanol–water partition coefficient (Wildman–Crippen LogP) is 4.01. The van der Waals surface area contributed by atoms with Gasteiger partial charge in [-0.15, -0.1) is 0 Å². The lowest BCUT2D eigenvalue weighted by Crippen LogP contribution is -2.41. The standard InChI is InChI=1S/C21H14Cl2N4O/c22-13-5-6-15(16(23)9-13)17-18(20(26)28)27-8-7-12-3-1-2-4-14(12)19(27)21(17,10-24)11-25/h1-9,17-19H,(H2,26,28)/t17-,18-,19+/m1/s1. The molecule has 2 aromatic rings. The summed E-state index contributed by atoms with van der Waals surface area (Å²) >= 11 is 12.4. The van der Waals surface area contributed by atoms with Crippen LogP contribution in [-0.4, -0.2) is 16.8 Å². The number of halogens is 2. The van der Waals surface area contributed by atoms with E-state index in [-0.39, 0.29) is 5.02 Å². The topological polar surface area (TPSA) is 93.9 Å². The second-order valence-electron chi connectivity index (χ2n) is 6.88. The van der Waals surface area contributed by atoms with E-state index in [2.05, 4.69) is 12.1 Å². The Morgan fingerprint density at radius 1 is 1.11 bits per heavy atom. The zero-order valence-electron chi connectivity index (χ0n) is 14.5. The summed E-state index contributed by atoms with van der Waals surface area (Å²) in [6, 6.07) is 15.2. The second kappa shape index (κ2) is 6.56. The molecule has 138 valence electrons. The van der Waals surface area contributed by atoms with Crippen LogP contribution in [0, 0.1) is 28.1 Å². The third-order valence-electron chi connectivity index (χ3n) is 5.53. The maximum absolute atomic E-state index is 12.5. The van der Waals surface area contributed by atoms with Gasteiger partial charge in [0.05, 0.1) is 18.2 Å². The molecule has 2 N–H and O–H groups in total. The fourth-order valence-electron chi connectivity index (χ4n) is 4.42. The van der Waals surface area contributed by atoms with Crippen LogP contribution in [0.15, 0.2) is 48.7 Å². The number of primary amides is 1. The Kier molecular flexibility index (Phi) is 4.31. The fourth-order valence-corrected chi connectivity index (χ4v) is 4.94. The quantitative estimate of drug-likeness (QED) is 0.811. The van der Waals surface area contributed by atoms with E-state index in [1.807, 2.05) is 30.3 Å². The molecule has 1 fully saturated rings. The summed E-state index contributed by atoms with van der Waals surface area (Å²) < 4.78 is 0. The first-order chi connectivity index (χ1) is 13.4. The minimum atomic E-state index is -1.57. The molecule has 1 amide bonds. The van der Waals surface area contributed by atoms with Gasteiger partial charge in [-0.05, 0) is 34.9 Å². The van der Waals surface area contributed by atoms with E-state index >= 15 is 0 Å². The first kappa shape index (κ1) is 18.4. The van der Waals surface area contributed by atoms with Gasteiger partial charge >= 0.3 is 0 Å². The van der Waals surface area contributed by atoms with Crippen molar-refractivity contribution in [2.75, 3.05) is 0 Å². The third kappa shape index (κ3) is 2.41. The average molecular weight is 409 g/mol. The molecule has 1 saturated heterocycles. The van der Waals surface area contributed by atoms with E-state index in [0.717, 1.165) is 11.1 Å². The molecule has 28 heavy (non-hydrogen) atoms. The summed E-state index contributed by atoms with van der Waals surface area (Å²) in [5, 5.41) is 21.1. The highest BCUT2D eigenvalue weighted by Crippen LogP contribution is 2.60. The van der Waals surface area contributed by atoms with Crippen LogP contribution < -0.4 is 5.73 Å². The summed E-state index contributed by atoms with van der Waals surface area (Å²) in [4.78, 5) is 14.2. The fraction of sp³-hybridized carbons (Fsp3) is 0.190. The number of hydrogen-bond donors (Lipinski definition) is 1. The molecular weight excluding hydrogens is 395 g/mol. The summed E-state index contributed by atoms with van der Waals surface area (Å²) in [6.07, 6.45) is 3.59. The van der Waals surface area contributed by atoms with Crippen LogP contribution in [0.1, 0.15) is 28.7 Å². The lowest BCUT2D eigenvalue weighted by atomic mass is 9.68. The summed E-state index contributed by atoms with van der Waals surface area (Å²) in [7, 11) is 0. The molecule has 0 radical (unpaired) electrons. The van der Waals surface area contributed by atoms with Gasteiger partial charge < -0.3 is 10.6 Å². The highest BCUT2D eigenvalue weighted by molar-refractivity contribution is 6.35. The number of benzene rings is 2. The Morgan fingerprint density at radius 3 is 2.46 bits per heavy atom. The van der Waals surface area contributed by atoms with E-state index in [9.17, 15) is 15.3 Å². The maximum Gasteiger partial charge on any atom is 0.240 e. The Bertz CT molecular complexity index is 1080. The van der Waals surface area contributed by atoms with Crippen molar-refractivity contribution in [3.8, 4) is 12.1 Å². The Hall–Kier alpha value is -2.99. The third-order valence-corrected chi connectivity index (χ3v) is 6.10. The number of nitrogens with zero attached hydrogens (tertiary/aromatic N) is 3. The van der Waals surface area contributed by atoms with E-state index in [4.69, 9.17) is 28.9 Å². The zero-order valence-corrected chi connectivity index (χ0v) is 16.0. The first-order valence-electron chi connectivity index (χ1n) is 8.56. The smallest absolute Gasteiger partial charge is 0.240 e. The molecular formula is C21H14Cl2N4O. The summed E-state index contributed by atoms with van der Waals surface area (Å²) in [6.45, 7) is 0. The SMILES string of the molecule is N#CC1(C#N)[C@H](c2ccc(Cl)cc2Cl)[C@H](C(N)=O)N2C=Cc3ccccc3[C@H]21. The molecule has 0 aromatic heterocycles. The number of hydrogen-bond acceptors (Lipinski definition) is 4. The molecule has 0 saturated carbocycles. The number of fused-ring (bicyclic) bond motifs is 3. The minimum Gasteiger partial charge on any atom is -0.368 e. The Labute approximate surface area is 172 Å². The highest BCUT2D eigenvalue weighted by atomic mass is 35.5.